The molecule has 0 unspecified atom stereocenters. The minimum absolute atomic E-state index is 0.115. The van der Waals surface area contributed by atoms with E-state index in [1.807, 2.05) is 0 Å². The topological polar surface area (TPSA) is 74.8 Å². The molecule has 474 valence electrons. The second kappa shape index (κ2) is 66.4. The van der Waals surface area contributed by atoms with Crippen LogP contribution in [0.4, 0.5) is 0 Å². The predicted molar refractivity (Wildman–Crippen MR) is 352 cm³/mol. The predicted octanol–water partition coefficient (Wildman–Crippen LogP) is 24.7. The minimum Gasteiger partial charge on any atom is -0.281 e. The van der Waals surface area contributed by atoms with E-state index < -0.39 is 0 Å². The third-order valence-corrected chi connectivity index (χ3v) is 17.7. The number of carbonyl (C=O) groups is 4. The molecule has 6 heteroatoms. The molecule has 0 saturated carbocycles. The van der Waals surface area contributed by atoms with Crippen LogP contribution in [0, 0.1) is 0 Å². The van der Waals surface area contributed by atoms with Crippen LogP contribution in [0.3, 0.4) is 0 Å². The van der Waals surface area contributed by atoms with Crippen LogP contribution >= 0.6 is 0 Å². The second-order valence-corrected chi connectivity index (χ2v) is 25.7. The van der Waals surface area contributed by atoms with E-state index in [0.717, 1.165) is 77.0 Å². The van der Waals surface area contributed by atoms with Gasteiger partial charge in [-0.2, -0.15) is 0 Å². The van der Waals surface area contributed by atoms with Gasteiger partial charge in [-0.25, -0.2) is 0 Å². The summed E-state index contributed by atoms with van der Waals surface area (Å²) in [5.74, 6) is -0.462. The maximum atomic E-state index is 14.0. The Labute approximate surface area is 502 Å². The Morgan fingerprint density at radius 1 is 0.163 bits per heavy atom. The first kappa shape index (κ1) is 78.3. The highest BCUT2D eigenvalue weighted by atomic mass is 16.2. The van der Waals surface area contributed by atoms with Crippen LogP contribution in [-0.4, -0.2) is 46.5 Å². The molecule has 0 aliphatic rings. The number of hydrogen-bond donors (Lipinski definition) is 0. The molecule has 0 rings (SSSR count). The van der Waals surface area contributed by atoms with E-state index in [0.29, 0.717) is 25.7 Å². The summed E-state index contributed by atoms with van der Waals surface area (Å²) < 4.78 is 0. The highest BCUT2D eigenvalue weighted by Gasteiger charge is 2.26. The fourth-order valence-corrected chi connectivity index (χ4v) is 12.1. The monoisotopic (exact) mass is 1130 g/mol. The SMILES string of the molecule is CCCCCCCCCCCCCCCCCC(=O)N(CCN(C(=O)CCCCCCCCCCCCCCCCC)C(=O)CCCCCCCCCCCCCCCCC)C(=O)CCCCCCCCCCCCCCCCC. The smallest absolute Gasteiger partial charge is 0.229 e. The van der Waals surface area contributed by atoms with Crippen molar-refractivity contribution >= 4 is 23.6 Å². The molecule has 0 atom stereocenters. The first-order valence-corrected chi connectivity index (χ1v) is 37.1. The van der Waals surface area contributed by atoms with Gasteiger partial charge >= 0.3 is 0 Å². The highest BCUT2D eigenvalue weighted by molar-refractivity contribution is 5.97. The van der Waals surface area contributed by atoms with Crippen molar-refractivity contribution < 1.29 is 19.2 Å². The largest absolute Gasteiger partial charge is 0.281 e. The number of hydrogen-bond acceptors (Lipinski definition) is 4. The van der Waals surface area contributed by atoms with Crippen molar-refractivity contribution in [3.05, 3.63) is 0 Å². The molecule has 0 aliphatic heterocycles. The average molecular weight is 1130 g/mol. The first-order valence-electron chi connectivity index (χ1n) is 37.1. The molecule has 0 radical (unpaired) electrons. The van der Waals surface area contributed by atoms with Gasteiger partial charge in [0.1, 0.15) is 0 Å². The number of amides is 4. The first-order chi connectivity index (χ1) is 39.4. The maximum Gasteiger partial charge on any atom is 0.229 e. The molecule has 0 saturated heterocycles. The Bertz CT molecular complexity index is 1100. The van der Waals surface area contributed by atoms with Crippen molar-refractivity contribution in [1.82, 2.24) is 9.80 Å². The normalized spacial score (nSPS) is 11.5. The molecule has 0 aromatic heterocycles. The Morgan fingerprint density at radius 3 is 0.375 bits per heavy atom. The lowest BCUT2D eigenvalue weighted by Gasteiger charge is -2.26. The van der Waals surface area contributed by atoms with Gasteiger partial charge in [0.2, 0.25) is 23.6 Å². The minimum atomic E-state index is -0.115. The standard InChI is InChI=1S/C74H144N2O4/c1-5-9-13-17-21-25-29-33-37-41-45-49-53-57-61-65-71(77)75(72(78)66-62-58-54-50-46-42-38-34-30-26-22-18-14-10-6-2)69-70-76(73(79)67-63-59-55-51-47-43-39-35-31-27-23-19-15-11-7-3)74(80)68-64-60-56-52-48-44-40-36-32-28-24-20-16-12-8-4/h5-70H2,1-4H3. The van der Waals surface area contributed by atoms with Gasteiger partial charge in [-0.05, 0) is 25.7 Å². The summed E-state index contributed by atoms with van der Waals surface area (Å²) in [6.07, 6.45) is 77.8. The summed E-state index contributed by atoms with van der Waals surface area (Å²) in [7, 11) is 0. The van der Waals surface area contributed by atoms with Crippen LogP contribution in [0.5, 0.6) is 0 Å². The van der Waals surface area contributed by atoms with Gasteiger partial charge in [0.15, 0.2) is 0 Å². The average Bonchev–Trinajstić information content (AvgIpc) is 3.46. The van der Waals surface area contributed by atoms with Crippen LogP contribution < -0.4 is 0 Å². The van der Waals surface area contributed by atoms with Crippen molar-refractivity contribution in [2.75, 3.05) is 13.1 Å². The molecule has 0 N–H and O–H groups in total. The van der Waals surface area contributed by atoms with Gasteiger partial charge in [-0.15, -0.1) is 0 Å². The van der Waals surface area contributed by atoms with E-state index in [1.54, 1.807) is 0 Å². The van der Waals surface area contributed by atoms with Crippen LogP contribution in [0.25, 0.3) is 0 Å². The molecule has 80 heavy (non-hydrogen) atoms. The number of unbranched alkanes of at least 4 members (excludes halogenated alkanes) is 56. The molecule has 0 bridgehead atoms. The third kappa shape index (κ3) is 56.7. The van der Waals surface area contributed by atoms with Crippen molar-refractivity contribution in [2.45, 2.75) is 439 Å². The van der Waals surface area contributed by atoms with Crippen LogP contribution in [-0.2, 0) is 19.2 Å². The lowest BCUT2D eigenvalue weighted by Crippen LogP contribution is -2.46. The zero-order valence-electron chi connectivity index (χ0n) is 55.2. The zero-order valence-corrected chi connectivity index (χ0v) is 55.2. The lowest BCUT2D eigenvalue weighted by molar-refractivity contribution is -0.150. The molecule has 4 amide bonds. The Balaban J connectivity index is 5.30. The molecule has 6 nitrogen and oxygen atoms in total. The molecule has 0 aromatic carbocycles. The number of nitrogens with zero attached hydrogens (tertiary/aromatic N) is 2. The van der Waals surface area contributed by atoms with Gasteiger partial charge in [0, 0.05) is 38.8 Å². The third-order valence-electron chi connectivity index (χ3n) is 17.7. The summed E-state index contributed by atoms with van der Waals surface area (Å²) in [5, 5.41) is 0. The fourth-order valence-electron chi connectivity index (χ4n) is 12.1. The molecule has 0 heterocycles. The number of imide groups is 2. The molecular formula is C74H144N2O4. The van der Waals surface area contributed by atoms with E-state index >= 15 is 0 Å². The van der Waals surface area contributed by atoms with Gasteiger partial charge < -0.3 is 0 Å². The number of carbonyl (C=O) groups excluding carboxylic acids is 4. The molecule has 0 fully saturated rings. The maximum absolute atomic E-state index is 14.0. The van der Waals surface area contributed by atoms with Gasteiger partial charge in [-0.1, -0.05) is 387 Å². The zero-order chi connectivity index (χ0) is 58.1. The van der Waals surface area contributed by atoms with Gasteiger partial charge in [0.25, 0.3) is 0 Å². The summed E-state index contributed by atoms with van der Waals surface area (Å²) in [5.41, 5.74) is 0. The van der Waals surface area contributed by atoms with Crippen LogP contribution in [0.1, 0.15) is 439 Å². The summed E-state index contributed by atoms with van der Waals surface area (Å²) >= 11 is 0. The molecule has 0 aliphatic carbocycles. The summed E-state index contributed by atoms with van der Waals surface area (Å²) in [6, 6.07) is 0. The van der Waals surface area contributed by atoms with Gasteiger partial charge in [-0.3, -0.25) is 29.0 Å². The Kier molecular flexibility index (Phi) is 65.0. The summed E-state index contributed by atoms with van der Waals surface area (Å²) in [6.45, 7) is 9.40. The van der Waals surface area contributed by atoms with E-state index in [2.05, 4.69) is 27.7 Å². The van der Waals surface area contributed by atoms with Crippen molar-refractivity contribution in [3.8, 4) is 0 Å². The summed E-state index contributed by atoms with van der Waals surface area (Å²) in [4.78, 5) is 58.9. The quantitative estimate of drug-likeness (QED) is 0.0569. The van der Waals surface area contributed by atoms with Crippen LogP contribution in [0.15, 0.2) is 0 Å². The molecular weight excluding hydrogens is 981 g/mol. The Morgan fingerprint density at radius 2 is 0.263 bits per heavy atom. The van der Waals surface area contributed by atoms with Crippen molar-refractivity contribution in [2.24, 2.45) is 0 Å². The second-order valence-electron chi connectivity index (χ2n) is 25.7. The van der Waals surface area contributed by atoms with E-state index in [-0.39, 0.29) is 36.7 Å². The van der Waals surface area contributed by atoms with E-state index in [1.165, 1.54) is 318 Å². The fraction of sp³-hybridized carbons (Fsp3) is 0.946. The molecule has 0 aromatic rings. The van der Waals surface area contributed by atoms with Gasteiger partial charge in [0.05, 0.1) is 0 Å². The lowest BCUT2D eigenvalue weighted by atomic mass is 10.0. The van der Waals surface area contributed by atoms with E-state index in [9.17, 15) is 19.2 Å². The Hall–Kier alpha value is -1.72. The number of rotatable bonds is 67. The highest BCUT2D eigenvalue weighted by Crippen LogP contribution is 2.20. The van der Waals surface area contributed by atoms with Crippen molar-refractivity contribution in [3.63, 3.8) is 0 Å². The van der Waals surface area contributed by atoms with E-state index in [4.69, 9.17) is 0 Å². The molecule has 0 spiro atoms. The van der Waals surface area contributed by atoms with Crippen LogP contribution in [0.2, 0.25) is 0 Å². The van der Waals surface area contributed by atoms with Crippen molar-refractivity contribution in [1.29, 1.82) is 0 Å².